The Bertz CT molecular complexity index is 279. The van der Waals surface area contributed by atoms with Gasteiger partial charge in [-0.3, -0.25) is 0 Å². The molecule has 15 heavy (non-hydrogen) atoms. The van der Waals surface area contributed by atoms with Crippen molar-refractivity contribution in [3.8, 4) is 0 Å². The summed E-state index contributed by atoms with van der Waals surface area (Å²) in [5, 5.41) is 0. The fourth-order valence-corrected chi connectivity index (χ4v) is 1.40. The summed E-state index contributed by atoms with van der Waals surface area (Å²) in [6, 6.07) is 4.15. The Morgan fingerprint density at radius 1 is 1.47 bits per heavy atom. The highest BCUT2D eigenvalue weighted by Crippen LogP contribution is 2.13. The van der Waals surface area contributed by atoms with Crippen LogP contribution >= 0.6 is 0 Å². The average molecular weight is 207 g/mol. The minimum atomic E-state index is 0.0625. The molecule has 0 bridgehead atoms. The predicted octanol–water partition coefficient (Wildman–Crippen LogP) is 2.34. The summed E-state index contributed by atoms with van der Waals surface area (Å²) >= 11 is 0. The van der Waals surface area contributed by atoms with E-state index in [0.717, 1.165) is 17.9 Å². The predicted molar refractivity (Wildman–Crippen MR) is 65.0 cm³/mol. The van der Waals surface area contributed by atoms with E-state index in [0.29, 0.717) is 0 Å². The zero-order chi connectivity index (χ0) is 11.3. The third-order valence-electron chi connectivity index (χ3n) is 2.53. The fraction of sp³-hybridized carbons (Fsp3) is 0.583. The van der Waals surface area contributed by atoms with Crippen LogP contribution in [-0.2, 0) is 0 Å². The molecule has 0 aliphatic rings. The molecule has 0 fully saturated rings. The van der Waals surface area contributed by atoms with Gasteiger partial charge in [0.15, 0.2) is 0 Å². The molecule has 0 amide bonds. The van der Waals surface area contributed by atoms with E-state index in [1.165, 1.54) is 12.8 Å². The van der Waals surface area contributed by atoms with E-state index in [2.05, 4.69) is 29.9 Å². The Kier molecular flexibility index (Phi) is 4.56. The lowest BCUT2D eigenvalue weighted by Gasteiger charge is -2.18. The highest BCUT2D eigenvalue weighted by atomic mass is 15.2. The van der Waals surface area contributed by atoms with Crippen LogP contribution in [0.2, 0.25) is 0 Å². The maximum absolute atomic E-state index is 5.77. The Morgan fingerprint density at radius 2 is 2.20 bits per heavy atom. The lowest BCUT2D eigenvalue weighted by Crippen LogP contribution is -2.19. The third-order valence-corrected chi connectivity index (χ3v) is 2.53. The molecule has 0 spiro atoms. The van der Waals surface area contributed by atoms with Gasteiger partial charge in [0.2, 0.25) is 0 Å². The molecule has 0 aromatic carbocycles. The van der Waals surface area contributed by atoms with Crippen molar-refractivity contribution in [2.75, 3.05) is 18.5 Å². The van der Waals surface area contributed by atoms with Gasteiger partial charge in [-0.25, -0.2) is 4.98 Å². The zero-order valence-corrected chi connectivity index (χ0v) is 9.90. The van der Waals surface area contributed by atoms with Crippen LogP contribution in [0.15, 0.2) is 18.3 Å². The van der Waals surface area contributed by atoms with Gasteiger partial charge in [-0.2, -0.15) is 0 Å². The van der Waals surface area contributed by atoms with Gasteiger partial charge in [-0.05, 0) is 25.0 Å². The number of rotatable bonds is 5. The molecule has 2 N–H and O–H groups in total. The van der Waals surface area contributed by atoms with Gasteiger partial charge >= 0.3 is 0 Å². The van der Waals surface area contributed by atoms with E-state index in [-0.39, 0.29) is 6.04 Å². The van der Waals surface area contributed by atoms with Crippen LogP contribution in [0.4, 0.5) is 5.82 Å². The van der Waals surface area contributed by atoms with Crippen LogP contribution in [0, 0.1) is 0 Å². The smallest absolute Gasteiger partial charge is 0.128 e. The maximum atomic E-state index is 5.77. The largest absolute Gasteiger partial charge is 0.360 e. The average Bonchev–Trinajstić information content (AvgIpc) is 2.26. The van der Waals surface area contributed by atoms with E-state index >= 15 is 0 Å². The van der Waals surface area contributed by atoms with Gasteiger partial charge in [0.05, 0.1) is 0 Å². The van der Waals surface area contributed by atoms with Crippen LogP contribution < -0.4 is 10.6 Å². The van der Waals surface area contributed by atoms with E-state index in [4.69, 9.17) is 5.73 Å². The maximum Gasteiger partial charge on any atom is 0.128 e. The summed E-state index contributed by atoms with van der Waals surface area (Å²) in [6.45, 7) is 5.22. The second kappa shape index (κ2) is 5.71. The molecule has 1 aromatic rings. The zero-order valence-electron chi connectivity index (χ0n) is 9.90. The van der Waals surface area contributed by atoms with Crippen LogP contribution in [0.3, 0.4) is 0 Å². The van der Waals surface area contributed by atoms with E-state index in [9.17, 15) is 0 Å². The summed E-state index contributed by atoms with van der Waals surface area (Å²) in [5.41, 5.74) is 6.85. The molecule has 0 aliphatic carbocycles. The molecule has 0 unspecified atom stereocenters. The van der Waals surface area contributed by atoms with Crippen LogP contribution in [0.25, 0.3) is 0 Å². The van der Waals surface area contributed by atoms with Gasteiger partial charge in [0.1, 0.15) is 5.82 Å². The van der Waals surface area contributed by atoms with Crippen LogP contribution in [0.5, 0.6) is 0 Å². The molecule has 0 saturated heterocycles. The molecule has 84 valence electrons. The SMILES string of the molecule is CCCCN(C)c1ccc([C@H](C)N)cn1. The first kappa shape index (κ1) is 12.0. The quantitative estimate of drug-likeness (QED) is 0.805. The molecule has 1 aromatic heterocycles. The lowest BCUT2D eigenvalue weighted by molar-refractivity contribution is 0.756. The number of nitrogens with zero attached hydrogens (tertiary/aromatic N) is 2. The molecule has 1 heterocycles. The van der Waals surface area contributed by atoms with Crippen molar-refractivity contribution >= 4 is 5.82 Å². The number of pyridine rings is 1. The summed E-state index contributed by atoms with van der Waals surface area (Å²) in [4.78, 5) is 6.57. The topological polar surface area (TPSA) is 42.1 Å². The van der Waals surface area contributed by atoms with Gasteiger partial charge in [-0.15, -0.1) is 0 Å². The van der Waals surface area contributed by atoms with Crippen molar-refractivity contribution in [1.82, 2.24) is 4.98 Å². The number of unbranched alkanes of at least 4 members (excludes halogenated alkanes) is 1. The highest BCUT2D eigenvalue weighted by molar-refractivity contribution is 5.38. The van der Waals surface area contributed by atoms with Crippen molar-refractivity contribution < 1.29 is 0 Å². The summed E-state index contributed by atoms with van der Waals surface area (Å²) in [5.74, 6) is 1.02. The van der Waals surface area contributed by atoms with Gasteiger partial charge in [0, 0.05) is 25.8 Å². The molecule has 1 atom stereocenters. The van der Waals surface area contributed by atoms with Crippen molar-refractivity contribution in [1.29, 1.82) is 0 Å². The van der Waals surface area contributed by atoms with Gasteiger partial charge < -0.3 is 10.6 Å². The molecule has 3 nitrogen and oxygen atoms in total. The second-order valence-corrected chi connectivity index (χ2v) is 4.01. The molecule has 0 radical (unpaired) electrons. The van der Waals surface area contributed by atoms with E-state index in [1.54, 1.807) is 0 Å². The van der Waals surface area contributed by atoms with Gasteiger partial charge in [0.25, 0.3) is 0 Å². The number of nitrogens with two attached hydrogens (primary N) is 1. The Morgan fingerprint density at radius 3 is 2.67 bits per heavy atom. The van der Waals surface area contributed by atoms with Crippen molar-refractivity contribution in [2.24, 2.45) is 5.73 Å². The Labute approximate surface area is 92.3 Å². The van der Waals surface area contributed by atoms with Crippen LogP contribution in [0.1, 0.15) is 38.3 Å². The summed E-state index contributed by atoms with van der Waals surface area (Å²) in [6.07, 6.45) is 4.28. The fourth-order valence-electron chi connectivity index (χ4n) is 1.40. The molecule has 0 saturated carbocycles. The Balaban J connectivity index is 2.62. The van der Waals surface area contributed by atoms with Crippen LogP contribution in [-0.4, -0.2) is 18.6 Å². The first-order chi connectivity index (χ1) is 7.15. The number of hydrogen-bond donors (Lipinski definition) is 1. The minimum Gasteiger partial charge on any atom is -0.360 e. The third kappa shape index (κ3) is 3.51. The first-order valence-electron chi connectivity index (χ1n) is 5.57. The molecule has 1 rings (SSSR count). The molecular weight excluding hydrogens is 186 g/mol. The second-order valence-electron chi connectivity index (χ2n) is 4.01. The minimum absolute atomic E-state index is 0.0625. The van der Waals surface area contributed by atoms with E-state index in [1.807, 2.05) is 19.2 Å². The summed E-state index contributed by atoms with van der Waals surface area (Å²) in [7, 11) is 2.07. The summed E-state index contributed by atoms with van der Waals surface area (Å²) < 4.78 is 0. The highest BCUT2D eigenvalue weighted by Gasteiger charge is 2.03. The normalized spacial score (nSPS) is 12.5. The molecule has 3 heteroatoms. The van der Waals surface area contributed by atoms with E-state index < -0.39 is 0 Å². The molecular formula is C12H21N3. The monoisotopic (exact) mass is 207 g/mol. The molecule has 0 aliphatic heterocycles. The number of aromatic nitrogens is 1. The van der Waals surface area contributed by atoms with Gasteiger partial charge in [-0.1, -0.05) is 19.4 Å². The number of anilines is 1. The van der Waals surface area contributed by atoms with Crippen molar-refractivity contribution in [2.45, 2.75) is 32.7 Å². The lowest BCUT2D eigenvalue weighted by atomic mass is 10.1. The van der Waals surface area contributed by atoms with Crippen molar-refractivity contribution in [3.05, 3.63) is 23.9 Å². The number of hydrogen-bond acceptors (Lipinski definition) is 3. The van der Waals surface area contributed by atoms with Crippen molar-refractivity contribution in [3.63, 3.8) is 0 Å². The first-order valence-corrected chi connectivity index (χ1v) is 5.57. The standard InChI is InChI=1S/C12H21N3/c1-4-5-8-15(3)12-7-6-11(9-14-12)10(2)13/h6-7,9-10H,4-5,8,13H2,1-3H3/t10-/m0/s1. The Hall–Kier alpha value is -1.09.